The second-order valence-electron chi connectivity index (χ2n) is 6.32. The highest BCUT2D eigenvalue weighted by Gasteiger charge is 2.04. The Morgan fingerprint density at radius 2 is 2.15 bits per heavy atom. The van der Waals surface area contributed by atoms with Crippen LogP contribution >= 0.6 is 0 Å². The lowest BCUT2D eigenvalue weighted by Crippen LogP contribution is -2.39. The van der Waals surface area contributed by atoms with Crippen LogP contribution in [0, 0.1) is 6.92 Å². The molecule has 0 bridgehead atoms. The largest absolute Gasteiger partial charge is 0.467 e. The molecule has 0 spiro atoms. The van der Waals surface area contributed by atoms with Crippen LogP contribution < -0.4 is 10.6 Å². The zero-order valence-electron chi connectivity index (χ0n) is 15.9. The molecule has 0 aliphatic heterocycles. The van der Waals surface area contributed by atoms with Crippen molar-refractivity contribution in [2.24, 2.45) is 4.99 Å². The van der Waals surface area contributed by atoms with Crippen LogP contribution in [0.1, 0.15) is 23.4 Å². The number of furan rings is 1. The molecule has 0 atom stereocenters. The molecule has 0 saturated heterocycles. The van der Waals surface area contributed by atoms with Gasteiger partial charge in [0.25, 0.3) is 0 Å². The Bertz CT molecular complexity index is 855. The Morgan fingerprint density at radius 3 is 2.93 bits per heavy atom. The highest BCUT2D eigenvalue weighted by Crippen LogP contribution is 2.10. The van der Waals surface area contributed by atoms with Gasteiger partial charge in [0.15, 0.2) is 5.96 Å². The van der Waals surface area contributed by atoms with E-state index in [0.717, 1.165) is 49.0 Å². The predicted octanol–water partition coefficient (Wildman–Crippen LogP) is 2.55. The van der Waals surface area contributed by atoms with Gasteiger partial charge < -0.3 is 24.2 Å². The standard InChI is InChI=1S/C20H27N5O2/c1-16-6-3-11-25-14-17(24-19(16)25)8-10-23-20(21-2)22-9-5-12-26-15-18-7-4-13-27-18/h3-4,6-7,11,13-14H,5,8-10,12,15H2,1-2H3,(H2,21,22,23). The minimum atomic E-state index is 0.512. The number of aliphatic imine (C=N–C) groups is 1. The lowest BCUT2D eigenvalue weighted by molar-refractivity contribution is 0.105. The fraction of sp³-hybridized carbons (Fsp3) is 0.400. The average Bonchev–Trinajstić information content (AvgIpc) is 3.33. The van der Waals surface area contributed by atoms with Crippen LogP contribution in [-0.4, -0.2) is 42.1 Å². The molecule has 7 nitrogen and oxygen atoms in total. The number of fused-ring (bicyclic) bond motifs is 1. The number of hydrogen-bond acceptors (Lipinski definition) is 4. The number of guanidine groups is 1. The third-order valence-electron chi connectivity index (χ3n) is 4.21. The molecular formula is C20H27N5O2. The maximum Gasteiger partial charge on any atom is 0.190 e. The normalized spacial score (nSPS) is 11.9. The predicted molar refractivity (Wildman–Crippen MR) is 106 cm³/mol. The van der Waals surface area contributed by atoms with Crippen LogP contribution in [0.25, 0.3) is 5.65 Å². The van der Waals surface area contributed by atoms with Gasteiger partial charge >= 0.3 is 0 Å². The van der Waals surface area contributed by atoms with Crippen molar-refractivity contribution in [2.45, 2.75) is 26.4 Å². The molecule has 7 heteroatoms. The van der Waals surface area contributed by atoms with E-state index in [9.17, 15) is 0 Å². The summed E-state index contributed by atoms with van der Waals surface area (Å²) in [6.07, 6.45) is 7.50. The van der Waals surface area contributed by atoms with Crippen molar-refractivity contribution >= 4 is 11.6 Å². The van der Waals surface area contributed by atoms with E-state index < -0.39 is 0 Å². The topological polar surface area (TPSA) is 76.1 Å². The molecule has 0 aliphatic carbocycles. The van der Waals surface area contributed by atoms with Gasteiger partial charge in [0.2, 0.25) is 0 Å². The van der Waals surface area contributed by atoms with Crippen LogP contribution in [0.15, 0.2) is 52.3 Å². The number of ether oxygens (including phenoxy) is 1. The van der Waals surface area contributed by atoms with E-state index in [1.54, 1.807) is 13.3 Å². The van der Waals surface area contributed by atoms with Crippen LogP contribution in [-0.2, 0) is 17.8 Å². The van der Waals surface area contributed by atoms with Crippen LogP contribution in [0.5, 0.6) is 0 Å². The van der Waals surface area contributed by atoms with Gasteiger partial charge in [0.1, 0.15) is 18.0 Å². The molecule has 0 radical (unpaired) electrons. The summed E-state index contributed by atoms with van der Waals surface area (Å²) >= 11 is 0. The minimum Gasteiger partial charge on any atom is -0.467 e. The Morgan fingerprint density at radius 1 is 1.26 bits per heavy atom. The van der Waals surface area contributed by atoms with Crippen molar-refractivity contribution in [3.63, 3.8) is 0 Å². The Balaban J connectivity index is 1.32. The van der Waals surface area contributed by atoms with Gasteiger partial charge in [0, 0.05) is 45.6 Å². The van der Waals surface area contributed by atoms with E-state index in [1.807, 2.05) is 24.4 Å². The van der Waals surface area contributed by atoms with Crippen LogP contribution in [0.2, 0.25) is 0 Å². The molecule has 3 rings (SSSR count). The molecule has 0 saturated carbocycles. The third kappa shape index (κ3) is 5.59. The van der Waals surface area contributed by atoms with E-state index in [2.05, 4.69) is 39.2 Å². The van der Waals surface area contributed by atoms with E-state index in [1.165, 1.54) is 5.56 Å². The second-order valence-corrected chi connectivity index (χ2v) is 6.32. The highest BCUT2D eigenvalue weighted by atomic mass is 16.5. The number of hydrogen-bond donors (Lipinski definition) is 2. The summed E-state index contributed by atoms with van der Waals surface area (Å²) in [7, 11) is 1.77. The Kier molecular flexibility index (Phi) is 6.87. The first-order valence-corrected chi connectivity index (χ1v) is 9.24. The molecule has 0 aliphatic rings. The molecule has 27 heavy (non-hydrogen) atoms. The first-order valence-electron chi connectivity index (χ1n) is 9.24. The maximum absolute atomic E-state index is 5.57. The average molecular weight is 369 g/mol. The number of aromatic nitrogens is 2. The van der Waals surface area contributed by atoms with Crippen molar-refractivity contribution in [3.8, 4) is 0 Å². The summed E-state index contributed by atoms with van der Waals surface area (Å²) in [4.78, 5) is 8.94. The van der Waals surface area contributed by atoms with Gasteiger partial charge in [-0.05, 0) is 37.1 Å². The second kappa shape index (κ2) is 9.78. The van der Waals surface area contributed by atoms with Crippen molar-refractivity contribution in [3.05, 3.63) is 59.9 Å². The summed E-state index contributed by atoms with van der Waals surface area (Å²) in [5.41, 5.74) is 3.27. The summed E-state index contributed by atoms with van der Waals surface area (Å²) in [5.74, 6) is 1.64. The van der Waals surface area contributed by atoms with Crippen molar-refractivity contribution in [1.29, 1.82) is 0 Å². The van der Waals surface area contributed by atoms with Crippen LogP contribution in [0.4, 0.5) is 0 Å². The van der Waals surface area contributed by atoms with E-state index in [4.69, 9.17) is 14.1 Å². The summed E-state index contributed by atoms with van der Waals surface area (Å²) < 4.78 is 12.9. The first kappa shape index (κ1) is 19.0. The molecular weight excluding hydrogens is 342 g/mol. The van der Waals surface area contributed by atoms with Gasteiger partial charge in [-0.15, -0.1) is 0 Å². The summed E-state index contributed by atoms with van der Waals surface area (Å²) in [5, 5.41) is 6.62. The highest BCUT2D eigenvalue weighted by molar-refractivity contribution is 5.79. The summed E-state index contributed by atoms with van der Waals surface area (Å²) in [6.45, 7) is 4.83. The molecule has 0 aromatic carbocycles. The van der Waals surface area contributed by atoms with Crippen molar-refractivity contribution < 1.29 is 9.15 Å². The zero-order chi connectivity index (χ0) is 18.9. The lowest BCUT2D eigenvalue weighted by atomic mass is 10.3. The quantitative estimate of drug-likeness (QED) is 0.344. The van der Waals surface area contributed by atoms with E-state index in [-0.39, 0.29) is 0 Å². The molecule has 3 aromatic rings. The number of rotatable bonds is 9. The first-order chi connectivity index (χ1) is 13.3. The van der Waals surface area contributed by atoms with E-state index >= 15 is 0 Å². The number of pyridine rings is 1. The Hall–Kier alpha value is -2.80. The van der Waals surface area contributed by atoms with Gasteiger partial charge in [-0.2, -0.15) is 0 Å². The molecule has 144 valence electrons. The van der Waals surface area contributed by atoms with Gasteiger partial charge in [-0.3, -0.25) is 4.99 Å². The fourth-order valence-corrected chi connectivity index (χ4v) is 2.80. The monoisotopic (exact) mass is 369 g/mol. The van der Waals surface area contributed by atoms with Crippen molar-refractivity contribution in [2.75, 3.05) is 26.7 Å². The fourth-order valence-electron chi connectivity index (χ4n) is 2.80. The van der Waals surface area contributed by atoms with E-state index in [0.29, 0.717) is 13.2 Å². The number of nitrogens with one attached hydrogen (secondary N) is 2. The molecule has 0 unspecified atom stereocenters. The number of imidazole rings is 1. The SMILES string of the molecule is CN=C(NCCCOCc1ccco1)NCCc1cn2cccc(C)c2n1. The van der Waals surface area contributed by atoms with Crippen LogP contribution in [0.3, 0.4) is 0 Å². The minimum absolute atomic E-state index is 0.512. The van der Waals surface area contributed by atoms with Gasteiger partial charge in [-0.1, -0.05) is 6.07 Å². The van der Waals surface area contributed by atoms with Gasteiger partial charge in [-0.25, -0.2) is 4.98 Å². The molecule has 2 N–H and O–H groups in total. The molecule has 3 heterocycles. The number of nitrogens with zero attached hydrogens (tertiary/aromatic N) is 3. The van der Waals surface area contributed by atoms with Crippen molar-refractivity contribution in [1.82, 2.24) is 20.0 Å². The molecule has 0 fully saturated rings. The lowest BCUT2D eigenvalue weighted by Gasteiger charge is -2.11. The summed E-state index contributed by atoms with van der Waals surface area (Å²) in [6, 6.07) is 7.89. The zero-order valence-corrected chi connectivity index (χ0v) is 15.9. The molecule has 0 amide bonds. The molecule has 3 aromatic heterocycles. The third-order valence-corrected chi connectivity index (χ3v) is 4.21. The number of aryl methyl sites for hydroxylation is 1. The smallest absolute Gasteiger partial charge is 0.190 e. The Labute approximate surface area is 159 Å². The maximum atomic E-state index is 5.57. The van der Waals surface area contributed by atoms with Gasteiger partial charge in [0.05, 0.1) is 12.0 Å².